The molecule has 2 atom stereocenters. The molecule has 286 valence electrons. The summed E-state index contributed by atoms with van der Waals surface area (Å²) in [5, 5.41) is 57.1. The summed E-state index contributed by atoms with van der Waals surface area (Å²) < 4.78 is 32.4. The molecule has 2 aliphatic rings. The van der Waals surface area contributed by atoms with Gasteiger partial charge in [-0.3, -0.25) is 14.8 Å². The van der Waals surface area contributed by atoms with Gasteiger partial charge in [-0.05, 0) is 48.4 Å². The Morgan fingerprint density at radius 1 is 0.667 bits per heavy atom. The molecule has 0 saturated carbocycles. The van der Waals surface area contributed by atoms with E-state index in [1.165, 1.54) is 6.92 Å². The second kappa shape index (κ2) is 25.0. The van der Waals surface area contributed by atoms with Crippen LogP contribution in [0.3, 0.4) is 0 Å². The second-order valence-electron chi connectivity index (χ2n) is 11.4. The third-order valence-electron chi connectivity index (χ3n) is 7.30. The van der Waals surface area contributed by atoms with Gasteiger partial charge >= 0.3 is 0 Å². The average Bonchev–Trinajstić information content (AvgIpc) is 3.78. The fraction of sp³-hybridized carbons (Fsp3) is 0.618. The molecule has 17 heteroatoms. The standard InChI is InChI=1S/C34H50N2O13S2/c1-23(43)26-7-24(9-31-11-35-33(50-31)2-4-46-29(17-41)19-44-21-48-27(13-37)14-38)6-25(8-26)10-32-12-36-34(51-32)3-5-47-30(18-42)20-45-22-49-28(15-39)16-40/h6-10,27-30,37-42H,2-5,11-22H2,1H3/b31-9-,32-10-. The molecule has 2 heterocycles. The fourth-order valence-corrected chi connectivity index (χ4v) is 6.38. The van der Waals surface area contributed by atoms with Crippen molar-refractivity contribution in [2.24, 2.45) is 9.98 Å². The highest BCUT2D eigenvalue weighted by molar-refractivity contribution is 8.18. The number of aliphatic hydroxyl groups is 6. The number of thioether (sulfide) groups is 2. The number of nitrogens with zero attached hydrogens (tertiary/aromatic N) is 2. The normalized spacial score (nSPS) is 17.6. The van der Waals surface area contributed by atoms with E-state index in [1.807, 2.05) is 30.4 Å². The number of ketones is 1. The Morgan fingerprint density at radius 3 is 1.45 bits per heavy atom. The van der Waals surface area contributed by atoms with Gasteiger partial charge in [0.1, 0.15) is 38.0 Å². The van der Waals surface area contributed by atoms with Crippen LogP contribution in [-0.4, -0.2) is 164 Å². The lowest BCUT2D eigenvalue weighted by atomic mass is 10.0. The van der Waals surface area contributed by atoms with Crippen molar-refractivity contribution in [2.75, 3.05) is 92.7 Å². The number of ether oxygens (including phenoxy) is 6. The molecule has 0 radical (unpaired) electrons. The molecule has 0 amide bonds. The van der Waals surface area contributed by atoms with Gasteiger partial charge in [0.05, 0.1) is 89.2 Å². The van der Waals surface area contributed by atoms with Crippen LogP contribution in [0.2, 0.25) is 0 Å². The van der Waals surface area contributed by atoms with Crippen LogP contribution in [0.4, 0.5) is 0 Å². The molecule has 15 nitrogen and oxygen atoms in total. The van der Waals surface area contributed by atoms with Crippen LogP contribution in [0.15, 0.2) is 38.0 Å². The SMILES string of the molecule is CC(=O)c1cc(/C=C2/CN=C(CCOC(CO)COCOC(CO)CO)S2)cc(/C=C2/CN=C(CCOC(CO)COCOC(CO)CO)S2)c1. The molecular formula is C34H50N2O13S2. The largest absolute Gasteiger partial charge is 0.394 e. The lowest BCUT2D eigenvalue weighted by molar-refractivity contribution is -0.138. The van der Waals surface area contributed by atoms with Crippen molar-refractivity contribution in [3.05, 3.63) is 44.7 Å². The van der Waals surface area contributed by atoms with Crippen LogP contribution in [-0.2, 0) is 28.4 Å². The zero-order valence-electron chi connectivity index (χ0n) is 28.8. The zero-order chi connectivity index (χ0) is 36.8. The van der Waals surface area contributed by atoms with E-state index in [0.29, 0.717) is 44.7 Å². The number of rotatable bonds is 27. The highest BCUT2D eigenvalue weighted by atomic mass is 32.2. The molecule has 1 aromatic carbocycles. The van der Waals surface area contributed by atoms with E-state index >= 15 is 0 Å². The molecule has 51 heavy (non-hydrogen) atoms. The van der Waals surface area contributed by atoms with Gasteiger partial charge in [0.15, 0.2) is 5.78 Å². The van der Waals surface area contributed by atoms with Crippen molar-refractivity contribution in [1.29, 1.82) is 0 Å². The second-order valence-corrected chi connectivity index (χ2v) is 13.8. The molecule has 6 N–H and O–H groups in total. The monoisotopic (exact) mass is 758 g/mol. The summed E-state index contributed by atoms with van der Waals surface area (Å²) >= 11 is 3.11. The number of Topliss-reactive ketones (excluding diaryl/α,β-unsaturated/α-hetero) is 1. The molecule has 3 rings (SSSR count). The van der Waals surface area contributed by atoms with Crippen molar-refractivity contribution in [2.45, 2.75) is 44.2 Å². The third kappa shape index (κ3) is 16.6. The summed E-state index contributed by atoms with van der Waals surface area (Å²) in [7, 11) is 0. The minimum atomic E-state index is -0.715. The number of aliphatic imine (C=N–C) groups is 2. The number of hydrogen-bond acceptors (Lipinski definition) is 17. The van der Waals surface area contributed by atoms with Crippen LogP contribution in [0, 0.1) is 0 Å². The lowest BCUT2D eigenvalue weighted by Gasteiger charge is -2.17. The van der Waals surface area contributed by atoms with Crippen molar-refractivity contribution in [1.82, 2.24) is 0 Å². The lowest BCUT2D eigenvalue weighted by Crippen LogP contribution is -2.28. The highest BCUT2D eigenvalue weighted by Crippen LogP contribution is 2.31. The van der Waals surface area contributed by atoms with E-state index in [4.69, 9.17) is 48.8 Å². The Bertz CT molecular complexity index is 1230. The molecular weight excluding hydrogens is 709 g/mol. The van der Waals surface area contributed by atoms with Gasteiger partial charge in [0.25, 0.3) is 0 Å². The number of carbonyl (C=O) groups excluding carboxylic acids is 1. The first-order chi connectivity index (χ1) is 24.8. The first kappa shape index (κ1) is 43.3. The quantitative estimate of drug-likeness (QED) is 0.0420. The summed E-state index contributed by atoms with van der Waals surface area (Å²) in [5.41, 5.74) is 2.37. The van der Waals surface area contributed by atoms with Crippen LogP contribution in [0.1, 0.15) is 41.3 Å². The van der Waals surface area contributed by atoms with E-state index in [2.05, 4.69) is 9.98 Å². The maximum absolute atomic E-state index is 12.4. The summed E-state index contributed by atoms with van der Waals surface area (Å²) in [6, 6.07) is 5.75. The number of aliphatic hydroxyl groups excluding tert-OH is 6. The minimum Gasteiger partial charge on any atom is -0.394 e. The van der Waals surface area contributed by atoms with E-state index in [1.54, 1.807) is 23.5 Å². The van der Waals surface area contributed by atoms with E-state index in [-0.39, 0.29) is 72.2 Å². The Morgan fingerprint density at radius 2 is 1.08 bits per heavy atom. The average molecular weight is 759 g/mol. The molecule has 0 bridgehead atoms. The Balaban J connectivity index is 1.45. The first-order valence-corrected chi connectivity index (χ1v) is 18.2. The number of benzene rings is 1. The summed E-state index contributed by atoms with van der Waals surface area (Å²) in [6.45, 7) is 1.38. The number of carbonyl (C=O) groups is 1. The predicted octanol–water partition coefficient (Wildman–Crippen LogP) is 1.08. The topological polar surface area (TPSA) is 219 Å². The molecule has 2 aliphatic heterocycles. The van der Waals surface area contributed by atoms with Crippen molar-refractivity contribution >= 4 is 51.5 Å². The Hall–Kier alpha value is -2.07. The van der Waals surface area contributed by atoms with Gasteiger partial charge in [0, 0.05) is 28.2 Å². The maximum Gasteiger partial charge on any atom is 0.159 e. The van der Waals surface area contributed by atoms with E-state index in [0.717, 1.165) is 31.0 Å². The van der Waals surface area contributed by atoms with Crippen molar-refractivity contribution in [3.8, 4) is 0 Å². The summed E-state index contributed by atoms with van der Waals surface area (Å²) in [5.74, 6) is -0.0394. The van der Waals surface area contributed by atoms with Crippen LogP contribution < -0.4 is 0 Å². The van der Waals surface area contributed by atoms with Gasteiger partial charge in [-0.2, -0.15) is 0 Å². The van der Waals surface area contributed by atoms with Gasteiger partial charge < -0.3 is 59.1 Å². The Kier molecular flexibility index (Phi) is 21.3. The molecule has 2 unspecified atom stereocenters. The molecule has 0 saturated heterocycles. The minimum absolute atomic E-state index is 0.0394. The van der Waals surface area contributed by atoms with Gasteiger partial charge in [-0.15, -0.1) is 0 Å². The summed E-state index contributed by atoms with van der Waals surface area (Å²) in [4.78, 5) is 23.7. The van der Waals surface area contributed by atoms with Crippen LogP contribution in [0.5, 0.6) is 0 Å². The smallest absolute Gasteiger partial charge is 0.159 e. The number of hydrogen-bond donors (Lipinski definition) is 6. The van der Waals surface area contributed by atoms with Crippen LogP contribution >= 0.6 is 23.5 Å². The molecule has 0 aliphatic carbocycles. The van der Waals surface area contributed by atoms with Gasteiger partial charge in [0.2, 0.25) is 0 Å². The summed E-state index contributed by atoms with van der Waals surface area (Å²) in [6.07, 6.45) is 2.63. The molecule has 0 fully saturated rings. The van der Waals surface area contributed by atoms with E-state index < -0.39 is 24.4 Å². The Labute approximate surface area is 306 Å². The first-order valence-electron chi connectivity index (χ1n) is 16.6. The molecule has 0 aromatic heterocycles. The van der Waals surface area contributed by atoms with Gasteiger partial charge in [-0.25, -0.2) is 0 Å². The van der Waals surface area contributed by atoms with Gasteiger partial charge in [-0.1, -0.05) is 23.5 Å². The molecule has 1 aromatic rings. The van der Waals surface area contributed by atoms with E-state index in [9.17, 15) is 15.0 Å². The third-order valence-corrected chi connectivity index (χ3v) is 9.46. The predicted molar refractivity (Wildman–Crippen MR) is 195 cm³/mol. The van der Waals surface area contributed by atoms with Crippen molar-refractivity contribution in [3.63, 3.8) is 0 Å². The highest BCUT2D eigenvalue weighted by Gasteiger charge is 2.18. The van der Waals surface area contributed by atoms with Crippen molar-refractivity contribution < 1.29 is 63.9 Å². The molecule has 0 spiro atoms. The maximum atomic E-state index is 12.4. The zero-order valence-corrected chi connectivity index (χ0v) is 30.4. The van der Waals surface area contributed by atoms with Crippen LogP contribution in [0.25, 0.3) is 12.2 Å². The fourth-order valence-electron chi connectivity index (χ4n) is 4.50.